The Bertz CT molecular complexity index is 279. The Labute approximate surface area is 78.6 Å². The number of hydrogen-bond donors (Lipinski definition) is 1. The van der Waals surface area contributed by atoms with Gasteiger partial charge in [0.2, 0.25) is 0 Å². The van der Waals surface area contributed by atoms with Gasteiger partial charge in [-0.2, -0.15) is 10.2 Å². The summed E-state index contributed by atoms with van der Waals surface area (Å²) in [6, 6.07) is 2.16. The maximum atomic E-state index is 3.99. The van der Waals surface area contributed by atoms with E-state index in [0.29, 0.717) is 5.92 Å². The Morgan fingerprint density at radius 3 is 2.85 bits per heavy atom. The molecule has 0 aromatic carbocycles. The molecular weight excluding hydrogens is 162 g/mol. The van der Waals surface area contributed by atoms with Crippen LogP contribution in [-0.2, 0) is 0 Å². The fraction of sp³-hybridized carbons (Fsp3) is 0.600. The molecule has 1 aliphatic rings. The van der Waals surface area contributed by atoms with Gasteiger partial charge in [0.05, 0.1) is 11.9 Å². The van der Waals surface area contributed by atoms with Crippen LogP contribution in [0, 0.1) is 6.92 Å². The highest BCUT2D eigenvalue weighted by Crippen LogP contribution is 2.24. The van der Waals surface area contributed by atoms with Crippen molar-refractivity contribution in [3.8, 4) is 0 Å². The van der Waals surface area contributed by atoms with Gasteiger partial charge in [-0.25, -0.2) is 0 Å². The van der Waals surface area contributed by atoms with Crippen molar-refractivity contribution in [2.75, 3.05) is 13.1 Å². The lowest BCUT2D eigenvalue weighted by Crippen LogP contribution is -2.26. The first-order valence-electron chi connectivity index (χ1n) is 4.86. The van der Waals surface area contributed by atoms with Crippen molar-refractivity contribution in [3.05, 3.63) is 23.5 Å². The average Bonchev–Trinajstić information content (AvgIpc) is 2.19. The third-order valence-corrected chi connectivity index (χ3v) is 2.61. The minimum absolute atomic E-state index is 0.690. The van der Waals surface area contributed by atoms with Gasteiger partial charge in [-0.1, -0.05) is 0 Å². The van der Waals surface area contributed by atoms with Gasteiger partial charge < -0.3 is 5.32 Å². The predicted octanol–water partition coefficient (Wildman–Crippen LogP) is 1.25. The number of nitrogens with zero attached hydrogens (tertiary/aromatic N) is 2. The topological polar surface area (TPSA) is 37.8 Å². The number of piperidine rings is 1. The van der Waals surface area contributed by atoms with E-state index in [1.165, 1.54) is 18.4 Å². The van der Waals surface area contributed by atoms with Crippen LogP contribution in [0.5, 0.6) is 0 Å². The Morgan fingerprint density at radius 2 is 2.15 bits per heavy atom. The smallest absolute Gasteiger partial charge is 0.0603 e. The minimum Gasteiger partial charge on any atom is -0.317 e. The zero-order valence-electron chi connectivity index (χ0n) is 7.95. The Morgan fingerprint density at radius 1 is 1.38 bits per heavy atom. The summed E-state index contributed by atoms with van der Waals surface area (Å²) in [5, 5.41) is 11.3. The summed E-state index contributed by atoms with van der Waals surface area (Å²) < 4.78 is 0. The van der Waals surface area contributed by atoms with Crippen LogP contribution in [0.25, 0.3) is 0 Å². The van der Waals surface area contributed by atoms with Gasteiger partial charge in [-0.15, -0.1) is 0 Å². The lowest BCUT2D eigenvalue weighted by Gasteiger charge is -2.22. The van der Waals surface area contributed by atoms with Gasteiger partial charge in [0.1, 0.15) is 0 Å². The molecule has 1 N–H and O–H groups in total. The average molecular weight is 177 g/mol. The van der Waals surface area contributed by atoms with Crippen LogP contribution in [0.15, 0.2) is 12.3 Å². The second kappa shape index (κ2) is 3.83. The van der Waals surface area contributed by atoms with Crippen molar-refractivity contribution in [2.45, 2.75) is 25.7 Å². The van der Waals surface area contributed by atoms with E-state index in [0.717, 1.165) is 18.8 Å². The van der Waals surface area contributed by atoms with Crippen LogP contribution < -0.4 is 5.32 Å². The lowest BCUT2D eigenvalue weighted by molar-refractivity contribution is 0.458. The standard InChI is InChI=1S/C10H15N3/c1-8-6-10(7-12-13-8)9-2-4-11-5-3-9/h6-7,9,11H,2-5H2,1H3. The van der Waals surface area contributed by atoms with Gasteiger partial charge in [0, 0.05) is 0 Å². The van der Waals surface area contributed by atoms with Crippen LogP contribution in [0.1, 0.15) is 30.0 Å². The van der Waals surface area contributed by atoms with E-state index in [1.807, 2.05) is 13.1 Å². The normalized spacial score (nSPS) is 18.8. The number of nitrogens with one attached hydrogen (secondary N) is 1. The van der Waals surface area contributed by atoms with Crippen LogP contribution >= 0.6 is 0 Å². The minimum atomic E-state index is 0.690. The SMILES string of the molecule is Cc1cc(C2CCNCC2)cnn1. The first-order chi connectivity index (χ1) is 6.36. The molecule has 2 heterocycles. The summed E-state index contributed by atoms with van der Waals surface area (Å²) in [5.41, 5.74) is 2.38. The molecule has 0 spiro atoms. The fourth-order valence-corrected chi connectivity index (χ4v) is 1.87. The Hall–Kier alpha value is -0.960. The second-order valence-electron chi connectivity index (χ2n) is 3.65. The largest absolute Gasteiger partial charge is 0.317 e. The Kier molecular flexibility index (Phi) is 2.54. The molecule has 3 nitrogen and oxygen atoms in total. The third kappa shape index (κ3) is 2.04. The number of aromatic nitrogens is 2. The molecule has 1 fully saturated rings. The molecule has 0 radical (unpaired) electrons. The first kappa shape index (κ1) is 8.63. The number of aryl methyl sites for hydroxylation is 1. The third-order valence-electron chi connectivity index (χ3n) is 2.61. The Balaban J connectivity index is 2.14. The molecule has 2 rings (SSSR count). The van der Waals surface area contributed by atoms with E-state index in [-0.39, 0.29) is 0 Å². The van der Waals surface area contributed by atoms with E-state index >= 15 is 0 Å². The second-order valence-corrected chi connectivity index (χ2v) is 3.65. The van der Waals surface area contributed by atoms with Crippen LogP contribution in [0.3, 0.4) is 0 Å². The summed E-state index contributed by atoms with van der Waals surface area (Å²) in [5.74, 6) is 0.690. The predicted molar refractivity (Wildman–Crippen MR) is 51.6 cm³/mol. The molecule has 0 bridgehead atoms. The van der Waals surface area contributed by atoms with E-state index in [2.05, 4.69) is 21.6 Å². The molecule has 1 aromatic rings. The maximum Gasteiger partial charge on any atom is 0.0603 e. The molecule has 3 heteroatoms. The van der Waals surface area contributed by atoms with Gasteiger partial charge >= 0.3 is 0 Å². The van der Waals surface area contributed by atoms with E-state index in [4.69, 9.17) is 0 Å². The molecule has 0 amide bonds. The monoisotopic (exact) mass is 177 g/mol. The molecular formula is C10H15N3. The molecule has 0 unspecified atom stereocenters. The summed E-state index contributed by atoms with van der Waals surface area (Å²) in [7, 11) is 0. The molecule has 0 atom stereocenters. The van der Waals surface area contributed by atoms with Crippen molar-refractivity contribution in [1.29, 1.82) is 0 Å². The number of rotatable bonds is 1. The molecule has 1 aromatic heterocycles. The van der Waals surface area contributed by atoms with Gasteiger partial charge in [0.25, 0.3) is 0 Å². The zero-order valence-corrected chi connectivity index (χ0v) is 7.95. The summed E-state index contributed by atoms with van der Waals surface area (Å²) in [6.07, 6.45) is 4.36. The van der Waals surface area contributed by atoms with E-state index < -0.39 is 0 Å². The van der Waals surface area contributed by atoms with Crippen molar-refractivity contribution in [3.63, 3.8) is 0 Å². The van der Waals surface area contributed by atoms with E-state index in [1.54, 1.807) is 0 Å². The van der Waals surface area contributed by atoms with Crippen LogP contribution in [0.2, 0.25) is 0 Å². The van der Waals surface area contributed by atoms with Crippen molar-refractivity contribution in [2.24, 2.45) is 0 Å². The quantitative estimate of drug-likeness (QED) is 0.701. The van der Waals surface area contributed by atoms with Gasteiger partial charge in [-0.3, -0.25) is 0 Å². The molecule has 13 heavy (non-hydrogen) atoms. The van der Waals surface area contributed by atoms with E-state index in [9.17, 15) is 0 Å². The highest BCUT2D eigenvalue weighted by molar-refractivity contribution is 5.17. The van der Waals surface area contributed by atoms with Crippen molar-refractivity contribution >= 4 is 0 Å². The molecule has 0 aliphatic carbocycles. The highest BCUT2D eigenvalue weighted by Gasteiger charge is 2.15. The number of hydrogen-bond acceptors (Lipinski definition) is 3. The van der Waals surface area contributed by atoms with Crippen molar-refractivity contribution < 1.29 is 0 Å². The van der Waals surface area contributed by atoms with Gasteiger partial charge in [0.15, 0.2) is 0 Å². The van der Waals surface area contributed by atoms with Crippen LogP contribution in [-0.4, -0.2) is 23.3 Å². The zero-order chi connectivity index (χ0) is 9.10. The molecule has 70 valence electrons. The highest BCUT2D eigenvalue weighted by atomic mass is 15.1. The molecule has 0 saturated carbocycles. The van der Waals surface area contributed by atoms with Crippen molar-refractivity contribution in [1.82, 2.24) is 15.5 Å². The van der Waals surface area contributed by atoms with Gasteiger partial charge in [-0.05, 0) is 50.4 Å². The first-order valence-corrected chi connectivity index (χ1v) is 4.86. The summed E-state index contributed by atoms with van der Waals surface area (Å²) in [6.45, 7) is 4.26. The molecule has 1 saturated heterocycles. The lowest BCUT2D eigenvalue weighted by atomic mass is 9.91. The summed E-state index contributed by atoms with van der Waals surface area (Å²) in [4.78, 5) is 0. The van der Waals surface area contributed by atoms with Crippen LogP contribution in [0.4, 0.5) is 0 Å². The molecule has 1 aliphatic heterocycles. The summed E-state index contributed by atoms with van der Waals surface area (Å²) >= 11 is 0. The fourth-order valence-electron chi connectivity index (χ4n) is 1.87. The maximum absolute atomic E-state index is 3.99.